The van der Waals surface area contributed by atoms with Crippen LogP contribution in [0.15, 0.2) is 4.79 Å². The molecule has 116 valence electrons. The van der Waals surface area contributed by atoms with Crippen molar-refractivity contribution < 1.29 is 8.42 Å². The molecule has 0 spiro atoms. The zero-order valence-electron chi connectivity index (χ0n) is 13.2. The molecule has 0 N–H and O–H groups in total. The number of aryl methyl sites for hydroxylation is 1. The first-order chi connectivity index (χ1) is 8.97. The van der Waals surface area contributed by atoms with Crippen LogP contribution in [0.3, 0.4) is 0 Å². The van der Waals surface area contributed by atoms with E-state index < -0.39 is 9.84 Å². The molecule has 6 nitrogen and oxygen atoms in total. The van der Waals surface area contributed by atoms with E-state index in [-0.39, 0.29) is 22.2 Å². The normalized spacial score (nSPS) is 13.2. The van der Waals surface area contributed by atoms with Gasteiger partial charge in [0.15, 0.2) is 9.84 Å². The van der Waals surface area contributed by atoms with Crippen LogP contribution >= 0.6 is 0 Å². The van der Waals surface area contributed by atoms with Crippen LogP contribution in [0.5, 0.6) is 0 Å². The Morgan fingerprint density at radius 3 is 2.20 bits per heavy atom. The molecular formula is C13H25N3O3S. The SMILES string of the molecule is Cc1nn(C(C)(C)C)c(=O)n1CCCS(=O)(=O)C(C)C. The number of rotatable bonds is 5. The lowest BCUT2D eigenvalue weighted by molar-refractivity contribution is 0.339. The van der Waals surface area contributed by atoms with Gasteiger partial charge in [0.1, 0.15) is 5.82 Å². The molecule has 0 bridgehead atoms. The largest absolute Gasteiger partial charge is 0.346 e. The molecule has 0 fully saturated rings. The number of hydrogen-bond donors (Lipinski definition) is 0. The van der Waals surface area contributed by atoms with Crippen LogP contribution in [0.4, 0.5) is 0 Å². The van der Waals surface area contributed by atoms with Crippen molar-refractivity contribution >= 4 is 9.84 Å². The molecule has 20 heavy (non-hydrogen) atoms. The van der Waals surface area contributed by atoms with Crippen LogP contribution < -0.4 is 5.69 Å². The summed E-state index contributed by atoms with van der Waals surface area (Å²) in [6, 6.07) is 0. The van der Waals surface area contributed by atoms with E-state index >= 15 is 0 Å². The van der Waals surface area contributed by atoms with E-state index in [1.807, 2.05) is 20.8 Å². The molecule has 1 heterocycles. The third kappa shape index (κ3) is 3.71. The first-order valence-electron chi connectivity index (χ1n) is 6.85. The van der Waals surface area contributed by atoms with Crippen LogP contribution in [0.2, 0.25) is 0 Å². The van der Waals surface area contributed by atoms with Gasteiger partial charge in [0.05, 0.1) is 16.5 Å². The van der Waals surface area contributed by atoms with Gasteiger partial charge in [-0.25, -0.2) is 17.9 Å². The van der Waals surface area contributed by atoms with E-state index in [9.17, 15) is 13.2 Å². The van der Waals surface area contributed by atoms with E-state index in [0.717, 1.165) is 0 Å². The number of hydrogen-bond acceptors (Lipinski definition) is 4. The van der Waals surface area contributed by atoms with Crippen LogP contribution in [-0.2, 0) is 21.9 Å². The molecule has 1 aromatic heterocycles. The molecular weight excluding hydrogens is 278 g/mol. The summed E-state index contributed by atoms with van der Waals surface area (Å²) in [6.07, 6.45) is 0.428. The first-order valence-corrected chi connectivity index (χ1v) is 8.57. The van der Waals surface area contributed by atoms with Gasteiger partial charge in [-0.1, -0.05) is 0 Å². The smallest absolute Gasteiger partial charge is 0.279 e. The Bertz CT molecular complexity index is 618. The Labute approximate surface area is 120 Å². The molecule has 0 amide bonds. The highest BCUT2D eigenvalue weighted by Gasteiger charge is 2.21. The monoisotopic (exact) mass is 303 g/mol. The maximum atomic E-state index is 12.2. The van der Waals surface area contributed by atoms with Crippen molar-refractivity contribution in [1.82, 2.24) is 14.3 Å². The summed E-state index contributed by atoms with van der Waals surface area (Å²) in [4.78, 5) is 12.2. The maximum Gasteiger partial charge on any atom is 0.346 e. The van der Waals surface area contributed by atoms with Crippen molar-refractivity contribution in [2.24, 2.45) is 0 Å². The lowest BCUT2D eigenvalue weighted by atomic mass is 10.1. The van der Waals surface area contributed by atoms with Crippen molar-refractivity contribution in [3.63, 3.8) is 0 Å². The van der Waals surface area contributed by atoms with E-state index in [0.29, 0.717) is 18.8 Å². The summed E-state index contributed by atoms with van der Waals surface area (Å²) in [5, 5.41) is 3.87. The Balaban J connectivity index is 2.86. The van der Waals surface area contributed by atoms with Crippen molar-refractivity contribution in [3.05, 3.63) is 16.3 Å². The highest BCUT2D eigenvalue weighted by atomic mass is 32.2. The molecule has 0 aliphatic rings. The highest BCUT2D eigenvalue weighted by Crippen LogP contribution is 2.10. The third-order valence-corrected chi connectivity index (χ3v) is 5.51. The van der Waals surface area contributed by atoms with Crippen LogP contribution in [0.1, 0.15) is 46.9 Å². The Kier molecular flexibility index (Phi) is 4.84. The molecule has 0 radical (unpaired) electrons. The van der Waals surface area contributed by atoms with Gasteiger partial charge in [0.25, 0.3) is 0 Å². The van der Waals surface area contributed by atoms with Gasteiger partial charge in [-0.3, -0.25) is 4.57 Å². The molecule has 0 aromatic carbocycles. The molecule has 0 unspecified atom stereocenters. The summed E-state index contributed by atoms with van der Waals surface area (Å²) in [6.45, 7) is 11.2. The van der Waals surface area contributed by atoms with Crippen LogP contribution in [0, 0.1) is 6.92 Å². The summed E-state index contributed by atoms with van der Waals surface area (Å²) < 4.78 is 26.5. The van der Waals surface area contributed by atoms with Gasteiger partial charge in [0.2, 0.25) is 0 Å². The second kappa shape index (κ2) is 5.71. The lowest BCUT2D eigenvalue weighted by Crippen LogP contribution is -2.36. The molecule has 7 heteroatoms. The van der Waals surface area contributed by atoms with Gasteiger partial charge in [-0.05, 0) is 48.0 Å². The van der Waals surface area contributed by atoms with Gasteiger partial charge >= 0.3 is 5.69 Å². The topological polar surface area (TPSA) is 74.0 Å². The molecule has 0 aliphatic heterocycles. The maximum absolute atomic E-state index is 12.2. The molecule has 0 aliphatic carbocycles. The Morgan fingerprint density at radius 1 is 1.25 bits per heavy atom. The quantitative estimate of drug-likeness (QED) is 0.822. The van der Waals surface area contributed by atoms with Gasteiger partial charge in [-0.2, -0.15) is 5.10 Å². The number of aromatic nitrogens is 3. The van der Waals surface area contributed by atoms with Crippen molar-refractivity contribution in [3.8, 4) is 0 Å². The third-order valence-electron chi connectivity index (χ3n) is 3.21. The van der Waals surface area contributed by atoms with Gasteiger partial charge in [0, 0.05) is 6.54 Å². The van der Waals surface area contributed by atoms with E-state index in [2.05, 4.69) is 5.10 Å². The molecule has 0 atom stereocenters. The summed E-state index contributed by atoms with van der Waals surface area (Å²) >= 11 is 0. The zero-order chi connectivity index (χ0) is 15.7. The fraction of sp³-hybridized carbons (Fsp3) is 0.846. The van der Waals surface area contributed by atoms with E-state index in [4.69, 9.17) is 0 Å². The molecule has 1 aromatic rings. The average Bonchev–Trinajstić information content (AvgIpc) is 2.55. The first kappa shape index (κ1) is 16.9. The Morgan fingerprint density at radius 2 is 1.80 bits per heavy atom. The molecule has 0 saturated carbocycles. The lowest BCUT2D eigenvalue weighted by Gasteiger charge is -2.16. The average molecular weight is 303 g/mol. The van der Waals surface area contributed by atoms with Crippen LogP contribution in [-0.4, -0.2) is 33.8 Å². The van der Waals surface area contributed by atoms with Crippen molar-refractivity contribution in [2.45, 2.75) is 65.3 Å². The fourth-order valence-electron chi connectivity index (χ4n) is 1.85. The number of nitrogens with zero attached hydrogens (tertiary/aromatic N) is 3. The fourth-order valence-corrected chi connectivity index (χ4v) is 2.85. The summed E-state index contributed by atoms with van der Waals surface area (Å²) in [5.74, 6) is 0.712. The predicted octanol–water partition coefficient (Wildman–Crippen LogP) is 1.32. The standard InChI is InChI=1S/C13H25N3O3S/c1-10(2)20(18,19)9-7-8-15-11(3)14-16(12(15)17)13(4,5)6/h10H,7-9H2,1-6H3. The van der Waals surface area contributed by atoms with Gasteiger partial charge < -0.3 is 0 Å². The number of sulfone groups is 1. The summed E-state index contributed by atoms with van der Waals surface area (Å²) in [5.41, 5.74) is -0.561. The second-order valence-corrected chi connectivity index (χ2v) is 9.01. The van der Waals surface area contributed by atoms with Crippen molar-refractivity contribution in [1.29, 1.82) is 0 Å². The molecule has 1 rings (SSSR count). The zero-order valence-corrected chi connectivity index (χ0v) is 14.0. The predicted molar refractivity (Wildman–Crippen MR) is 79.8 cm³/mol. The minimum atomic E-state index is -3.06. The molecule has 0 saturated heterocycles. The van der Waals surface area contributed by atoms with E-state index in [1.165, 1.54) is 4.68 Å². The van der Waals surface area contributed by atoms with Crippen LogP contribution in [0.25, 0.3) is 0 Å². The van der Waals surface area contributed by atoms with Crippen molar-refractivity contribution in [2.75, 3.05) is 5.75 Å². The van der Waals surface area contributed by atoms with E-state index in [1.54, 1.807) is 25.3 Å². The summed E-state index contributed by atoms with van der Waals surface area (Å²) in [7, 11) is -3.06. The minimum Gasteiger partial charge on any atom is -0.279 e. The Hall–Kier alpha value is -1.11. The minimum absolute atomic E-state index is 0.0945. The highest BCUT2D eigenvalue weighted by molar-refractivity contribution is 7.91. The van der Waals surface area contributed by atoms with Gasteiger partial charge in [-0.15, -0.1) is 0 Å². The second-order valence-electron chi connectivity index (χ2n) is 6.33.